The molecule has 0 spiro atoms. The largest absolute Gasteiger partial charge is 0.489 e. The Morgan fingerprint density at radius 1 is 1.26 bits per heavy atom. The zero-order valence-electron chi connectivity index (χ0n) is 12.5. The number of ether oxygens (including phenoxy) is 1. The zero-order valence-corrected chi connectivity index (χ0v) is 14.8. The molecule has 0 aliphatic heterocycles. The Balaban J connectivity index is 2.00. The Labute approximate surface area is 149 Å². The molecular weight excluding hydrogens is 361 g/mol. The highest BCUT2D eigenvalue weighted by Crippen LogP contribution is 2.37. The Morgan fingerprint density at radius 3 is 2.65 bits per heavy atom. The van der Waals surface area contributed by atoms with Crippen molar-refractivity contribution in [3.05, 3.63) is 45.9 Å². The van der Waals surface area contributed by atoms with Gasteiger partial charge in [0.25, 0.3) is 0 Å². The summed E-state index contributed by atoms with van der Waals surface area (Å²) in [5.41, 5.74) is 0. The van der Waals surface area contributed by atoms with Crippen LogP contribution in [0.5, 0.6) is 5.75 Å². The number of hydrogen-bond donors (Lipinski definition) is 0. The fraction of sp³-hybridized carbons (Fsp3) is 0.333. The Hall–Kier alpha value is -1.43. The van der Waals surface area contributed by atoms with E-state index in [1.165, 1.54) is 10.9 Å². The third-order valence-electron chi connectivity index (χ3n) is 3.10. The van der Waals surface area contributed by atoms with Gasteiger partial charge in [-0.05, 0) is 18.6 Å². The molecule has 1 aromatic heterocycles. The highest BCUT2D eigenvalue weighted by atomic mass is 35.5. The SMILES string of the molecule is CCCN(CCOc1c(Cl)ccc(Cl)c1Cl)C(=O)n1ccnc1. The van der Waals surface area contributed by atoms with Crippen molar-refractivity contribution in [2.45, 2.75) is 13.3 Å². The summed E-state index contributed by atoms with van der Waals surface area (Å²) >= 11 is 18.1. The van der Waals surface area contributed by atoms with Crippen LogP contribution in [0.15, 0.2) is 30.9 Å². The number of benzene rings is 1. The number of carbonyl (C=O) groups excluding carboxylic acids is 1. The third kappa shape index (κ3) is 4.53. The lowest BCUT2D eigenvalue weighted by Gasteiger charge is -2.22. The highest BCUT2D eigenvalue weighted by Gasteiger charge is 2.16. The van der Waals surface area contributed by atoms with Gasteiger partial charge in [-0.1, -0.05) is 41.7 Å². The number of imidazole rings is 1. The highest BCUT2D eigenvalue weighted by molar-refractivity contribution is 6.44. The molecule has 23 heavy (non-hydrogen) atoms. The molecule has 0 saturated carbocycles. The van der Waals surface area contributed by atoms with E-state index in [0.29, 0.717) is 28.9 Å². The summed E-state index contributed by atoms with van der Waals surface area (Å²) in [6, 6.07) is 3.06. The van der Waals surface area contributed by atoms with E-state index >= 15 is 0 Å². The van der Waals surface area contributed by atoms with Crippen molar-refractivity contribution in [1.82, 2.24) is 14.5 Å². The van der Waals surface area contributed by atoms with Crippen LogP contribution in [0.1, 0.15) is 13.3 Å². The molecule has 0 N–H and O–H groups in total. The quantitative estimate of drug-likeness (QED) is 0.692. The second kappa shape index (κ2) is 8.43. The first kappa shape index (κ1) is 17.9. The van der Waals surface area contributed by atoms with E-state index in [1.807, 2.05) is 6.92 Å². The molecule has 0 fully saturated rings. The monoisotopic (exact) mass is 375 g/mol. The Bertz CT molecular complexity index is 662. The minimum absolute atomic E-state index is 0.156. The maximum absolute atomic E-state index is 12.3. The van der Waals surface area contributed by atoms with Gasteiger partial charge in [0, 0.05) is 18.9 Å². The molecule has 2 rings (SSSR count). The van der Waals surface area contributed by atoms with E-state index in [4.69, 9.17) is 39.5 Å². The van der Waals surface area contributed by atoms with Crippen LogP contribution >= 0.6 is 34.8 Å². The molecule has 1 heterocycles. The third-order valence-corrected chi connectivity index (χ3v) is 4.18. The standard InChI is InChI=1S/C15H16Cl3N3O2/c1-2-6-20(15(22)21-7-5-19-10-21)8-9-23-14-12(17)4-3-11(16)13(14)18/h3-5,7,10H,2,6,8-9H2,1H3. The second-order valence-corrected chi connectivity index (χ2v) is 5.95. The predicted octanol–water partition coefficient (Wildman–Crippen LogP) is 4.60. The van der Waals surface area contributed by atoms with Crippen molar-refractivity contribution < 1.29 is 9.53 Å². The van der Waals surface area contributed by atoms with Crippen LogP contribution in [0.25, 0.3) is 0 Å². The van der Waals surface area contributed by atoms with Gasteiger partial charge in [-0.15, -0.1) is 0 Å². The summed E-state index contributed by atoms with van der Waals surface area (Å²) in [5.74, 6) is 0.326. The molecule has 0 saturated heterocycles. The molecule has 8 heteroatoms. The smallest absolute Gasteiger partial charge is 0.329 e. The first-order valence-electron chi connectivity index (χ1n) is 7.08. The number of nitrogens with zero attached hydrogens (tertiary/aromatic N) is 3. The normalized spacial score (nSPS) is 10.6. The van der Waals surface area contributed by atoms with Gasteiger partial charge in [-0.3, -0.25) is 4.57 Å². The van der Waals surface area contributed by atoms with Crippen molar-refractivity contribution in [2.24, 2.45) is 0 Å². The number of carbonyl (C=O) groups is 1. The molecule has 0 aliphatic carbocycles. The first-order valence-corrected chi connectivity index (χ1v) is 8.21. The van der Waals surface area contributed by atoms with Gasteiger partial charge in [0.2, 0.25) is 0 Å². The molecule has 5 nitrogen and oxygen atoms in total. The van der Waals surface area contributed by atoms with E-state index in [9.17, 15) is 4.79 Å². The van der Waals surface area contributed by atoms with Crippen molar-refractivity contribution in [2.75, 3.05) is 19.7 Å². The fourth-order valence-corrected chi connectivity index (χ4v) is 2.64. The molecule has 0 radical (unpaired) electrons. The van der Waals surface area contributed by atoms with Gasteiger partial charge >= 0.3 is 6.03 Å². The molecular formula is C15H16Cl3N3O2. The van der Waals surface area contributed by atoms with Gasteiger partial charge in [-0.2, -0.15) is 0 Å². The van der Waals surface area contributed by atoms with Crippen LogP contribution in [0.3, 0.4) is 0 Å². The van der Waals surface area contributed by atoms with Crippen molar-refractivity contribution in [3.63, 3.8) is 0 Å². The van der Waals surface area contributed by atoms with Gasteiger partial charge < -0.3 is 9.64 Å². The van der Waals surface area contributed by atoms with Crippen molar-refractivity contribution in [3.8, 4) is 5.75 Å². The number of amides is 1. The lowest BCUT2D eigenvalue weighted by Crippen LogP contribution is -2.37. The Morgan fingerprint density at radius 2 is 2.00 bits per heavy atom. The molecule has 0 atom stereocenters. The van der Waals surface area contributed by atoms with Crippen LogP contribution < -0.4 is 4.74 Å². The zero-order chi connectivity index (χ0) is 16.8. The summed E-state index contributed by atoms with van der Waals surface area (Å²) in [5, 5.41) is 1.01. The van der Waals surface area contributed by atoms with Gasteiger partial charge in [-0.25, -0.2) is 9.78 Å². The molecule has 1 aromatic carbocycles. The lowest BCUT2D eigenvalue weighted by atomic mass is 10.3. The average molecular weight is 377 g/mol. The molecule has 2 aromatic rings. The van der Waals surface area contributed by atoms with E-state index < -0.39 is 0 Å². The lowest BCUT2D eigenvalue weighted by molar-refractivity contribution is 0.184. The fourth-order valence-electron chi connectivity index (χ4n) is 2.01. The molecule has 0 unspecified atom stereocenters. The topological polar surface area (TPSA) is 47.4 Å². The van der Waals surface area contributed by atoms with Crippen LogP contribution in [-0.2, 0) is 0 Å². The minimum Gasteiger partial charge on any atom is -0.489 e. The molecule has 124 valence electrons. The maximum atomic E-state index is 12.3. The summed E-state index contributed by atoms with van der Waals surface area (Å²) in [7, 11) is 0. The molecule has 0 bridgehead atoms. The van der Waals surface area contributed by atoms with E-state index in [1.54, 1.807) is 29.4 Å². The number of hydrogen-bond acceptors (Lipinski definition) is 3. The summed E-state index contributed by atoms with van der Waals surface area (Å²) in [4.78, 5) is 17.9. The van der Waals surface area contributed by atoms with E-state index in [0.717, 1.165) is 6.42 Å². The van der Waals surface area contributed by atoms with Crippen LogP contribution in [0.2, 0.25) is 15.1 Å². The van der Waals surface area contributed by atoms with E-state index in [-0.39, 0.29) is 17.7 Å². The van der Waals surface area contributed by atoms with Crippen LogP contribution in [0, 0.1) is 0 Å². The predicted molar refractivity (Wildman–Crippen MR) is 91.9 cm³/mol. The summed E-state index contributed by atoms with van der Waals surface area (Å²) in [6.45, 7) is 3.25. The summed E-state index contributed by atoms with van der Waals surface area (Å²) < 4.78 is 7.05. The molecule has 0 aliphatic rings. The summed E-state index contributed by atoms with van der Waals surface area (Å²) in [6.07, 6.45) is 5.47. The maximum Gasteiger partial charge on any atom is 0.329 e. The number of halogens is 3. The van der Waals surface area contributed by atoms with Crippen molar-refractivity contribution in [1.29, 1.82) is 0 Å². The first-order chi connectivity index (χ1) is 11.0. The number of rotatable bonds is 6. The van der Waals surface area contributed by atoms with E-state index in [2.05, 4.69) is 4.98 Å². The second-order valence-electron chi connectivity index (χ2n) is 4.76. The number of aromatic nitrogens is 2. The average Bonchev–Trinajstić information content (AvgIpc) is 3.07. The van der Waals surface area contributed by atoms with Crippen LogP contribution in [0.4, 0.5) is 4.79 Å². The van der Waals surface area contributed by atoms with Gasteiger partial charge in [0.1, 0.15) is 18.0 Å². The van der Waals surface area contributed by atoms with Gasteiger partial charge in [0.15, 0.2) is 5.75 Å². The van der Waals surface area contributed by atoms with Gasteiger partial charge in [0.05, 0.1) is 16.6 Å². The minimum atomic E-state index is -0.156. The van der Waals surface area contributed by atoms with Crippen LogP contribution in [-0.4, -0.2) is 40.2 Å². The van der Waals surface area contributed by atoms with Crippen molar-refractivity contribution >= 4 is 40.8 Å². The Kier molecular flexibility index (Phi) is 6.57. The molecule has 1 amide bonds.